The van der Waals surface area contributed by atoms with E-state index in [2.05, 4.69) is 29.3 Å². The van der Waals surface area contributed by atoms with Gasteiger partial charge in [0.15, 0.2) is 5.82 Å². The van der Waals surface area contributed by atoms with Crippen LogP contribution in [0.5, 0.6) is 0 Å². The van der Waals surface area contributed by atoms with E-state index in [1.165, 1.54) is 12.8 Å². The van der Waals surface area contributed by atoms with Gasteiger partial charge in [0, 0.05) is 0 Å². The van der Waals surface area contributed by atoms with Gasteiger partial charge in [-0.25, -0.2) is 15.4 Å². The highest BCUT2D eigenvalue weighted by atomic mass is 32.1. The monoisotopic (exact) mass is 251 g/mol. The van der Waals surface area contributed by atoms with Crippen LogP contribution in [0.15, 0.2) is 17.8 Å². The second-order valence-corrected chi connectivity index (χ2v) is 4.93. The molecule has 5 heteroatoms. The summed E-state index contributed by atoms with van der Waals surface area (Å²) < 4.78 is 0. The molecule has 1 N–H and O–H groups in total. The van der Waals surface area contributed by atoms with Crippen molar-refractivity contribution in [2.75, 3.05) is 5.48 Å². The Morgan fingerprint density at radius 1 is 1.47 bits per heavy atom. The van der Waals surface area contributed by atoms with Crippen LogP contribution in [0.2, 0.25) is 0 Å². The number of nitrogens with zero attached hydrogens (tertiary/aromatic N) is 2. The number of nitrogens with one attached hydrogen (secondary N) is 1. The topological polar surface area (TPSA) is 47.0 Å². The quantitative estimate of drug-likeness (QED) is 0.797. The summed E-state index contributed by atoms with van der Waals surface area (Å²) in [5.74, 6) is 0.750. The maximum absolute atomic E-state index is 5.57. The van der Waals surface area contributed by atoms with Crippen molar-refractivity contribution in [3.63, 3.8) is 0 Å². The van der Waals surface area contributed by atoms with Crippen LogP contribution in [0.4, 0.5) is 5.82 Å². The number of aromatic nitrogens is 2. The average Bonchev–Trinajstić information content (AvgIpc) is 2.82. The molecule has 2 heterocycles. The number of hydrogen-bond acceptors (Lipinski definition) is 5. The summed E-state index contributed by atoms with van der Waals surface area (Å²) in [5, 5.41) is 3.02. The van der Waals surface area contributed by atoms with Crippen molar-refractivity contribution in [3.05, 3.63) is 17.8 Å². The highest BCUT2D eigenvalue weighted by Crippen LogP contribution is 2.23. The third-order valence-electron chi connectivity index (χ3n) is 2.58. The number of hydrogen-bond donors (Lipinski definition) is 1. The molecule has 1 atom stereocenters. The molecular weight excluding hydrogens is 234 g/mol. The molecule has 4 nitrogen and oxygen atoms in total. The predicted molar refractivity (Wildman–Crippen MR) is 71.1 cm³/mol. The van der Waals surface area contributed by atoms with E-state index in [0.717, 1.165) is 22.5 Å². The SMILES string of the molecule is CCCCC(C)ONc1ncnc2sccc12. The lowest BCUT2D eigenvalue weighted by molar-refractivity contribution is 0.105. The molecule has 0 radical (unpaired) electrons. The normalized spacial score (nSPS) is 12.8. The van der Waals surface area contributed by atoms with E-state index in [0.29, 0.717) is 0 Å². The van der Waals surface area contributed by atoms with Gasteiger partial charge < -0.3 is 0 Å². The van der Waals surface area contributed by atoms with Crippen LogP contribution in [-0.4, -0.2) is 16.1 Å². The first kappa shape index (κ1) is 12.3. The summed E-state index contributed by atoms with van der Waals surface area (Å²) in [5.41, 5.74) is 2.94. The van der Waals surface area contributed by atoms with E-state index in [-0.39, 0.29) is 6.10 Å². The second kappa shape index (κ2) is 5.93. The van der Waals surface area contributed by atoms with Crippen LogP contribution in [-0.2, 0) is 4.84 Å². The van der Waals surface area contributed by atoms with Crippen LogP contribution >= 0.6 is 11.3 Å². The molecule has 0 aromatic carbocycles. The zero-order valence-corrected chi connectivity index (χ0v) is 11.0. The van der Waals surface area contributed by atoms with Gasteiger partial charge in [-0.05, 0) is 24.8 Å². The summed E-state index contributed by atoms with van der Waals surface area (Å²) in [6, 6.07) is 2.00. The van der Waals surface area contributed by atoms with Crippen LogP contribution in [0, 0.1) is 0 Å². The molecule has 1 unspecified atom stereocenters. The maximum Gasteiger partial charge on any atom is 0.161 e. The van der Waals surface area contributed by atoms with Gasteiger partial charge in [-0.3, -0.25) is 4.84 Å². The van der Waals surface area contributed by atoms with Crippen LogP contribution < -0.4 is 5.48 Å². The number of fused-ring (bicyclic) bond motifs is 1. The van der Waals surface area contributed by atoms with Gasteiger partial charge in [-0.15, -0.1) is 11.3 Å². The first-order valence-electron chi connectivity index (χ1n) is 5.91. The Morgan fingerprint density at radius 3 is 3.18 bits per heavy atom. The molecule has 92 valence electrons. The fraction of sp³-hybridized carbons (Fsp3) is 0.500. The summed E-state index contributed by atoms with van der Waals surface area (Å²) >= 11 is 1.60. The summed E-state index contributed by atoms with van der Waals surface area (Å²) in [7, 11) is 0. The molecule has 0 bridgehead atoms. The zero-order valence-electron chi connectivity index (χ0n) is 10.1. The van der Waals surface area contributed by atoms with Crippen molar-refractivity contribution in [2.45, 2.75) is 39.2 Å². The number of rotatable bonds is 6. The molecule has 0 saturated carbocycles. The Labute approximate surface area is 105 Å². The van der Waals surface area contributed by atoms with Gasteiger partial charge >= 0.3 is 0 Å². The highest BCUT2D eigenvalue weighted by molar-refractivity contribution is 7.16. The molecule has 0 fully saturated rings. The molecule has 2 rings (SSSR count). The lowest BCUT2D eigenvalue weighted by atomic mass is 10.2. The van der Waals surface area contributed by atoms with Crippen molar-refractivity contribution in [1.82, 2.24) is 9.97 Å². The summed E-state index contributed by atoms with van der Waals surface area (Å²) in [6.07, 6.45) is 5.18. The van der Waals surface area contributed by atoms with Gasteiger partial charge in [0.2, 0.25) is 0 Å². The molecule has 0 saturated heterocycles. The Kier molecular flexibility index (Phi) is 4.28. The zero-order chi connectivity index (χ0) is 12.1. The highest BCUT2D eigenvalue weighted by Gasteiger charge is 2.06. The van der Waals surface area contributed by atoms with Gasteiger partial charge in [0.1, 0.15) is 11.2 Å². The van der Waals surface area contributed by atoms with Crippen LogP contribution in [0.3, 0.4) is 0 Å². The smallest absolute Gasteiger partial charge is 0.161 e. The van der Waals surface area contributed by atoms with Gasteiger partial charge in [0.05, 0.1) is 11.5 Å². The average molecular weight is 251 g/mol. The van der Waals surface area contributed by atoms with Crippen molar-refractivity contribution in [3.8, 4) is 0 Å². The van der Waals surface area contributed by atoms with E-state index >= 15 is 0 Å². The maximum atomic E-state index is 5.57. The number of unbranched alkanes of at least 4 members (excludes halogenated alkanes) is 1. The fourth-order valence-electron chi connectivity index (χ4n) is 1.58. The molecule has 2 aromatic rings. The Balaban J connectivity index is 1.96. The molecule has 0 aliphatic rings. The Hall–Kier alpha value is -1.20. The standard InChI is InChI=1S/C12H17N3OS/c1-3-4-5-9(2)16-15-11-10-6-7-17-12(10)14-8-13-11/h6-9H,3-5H2,1-2H3,(H,13,14,15). The van der Waals surface area contributed by atoms with Gasteiger partial charge in [0.25, 0.3) is 0 Å². The summed E-state index contributed by atoms with van der Waals surface area (Å²) in [6.45, 7) is 4.24. The van der Waals surface area contributed by atoms with Crippen molar-refractivity contribution in [2.24, 2.45) is 0 Å². The molecule has 0 amide bonds. The van der Waals surface area contributed by atoms with E-state index in [9.17, 15) is 0 Å². The van der Waals surface area contributed by atoms with E-state index in [1.54, 1.807) is 17.7 Å². The van der Waals surface area contributed by atoms with Crippen LogP contribution in [0.1, 0.15) is 33.1 Å². The molecule has 0 spiro atoms. The molecule has 0 aliphatic carbocycles. The summed E-state index contributed by atoms with van der Waals surface area (Å²) in [4.78, 5) is 14.9. The minimum Gasteiger partial charge on any atom is -0.272 e. The van der Waals surface area contributed by atoms with Gasteiger partial charge in [-0.2, -0.15) is 0 Å². The molecular formula is C12H17N3OS. The van der Waals surface area contributed by atoms with Gasteiger partial charge in [-0.1, -0.05) is 19.8 Å². The first-order chi connectivity index (χ1) is 8.31. The second-order valence-electron chi connectivity index (χ2n) is 4.03. The van der Waals surface area contributed by atoms with E-state index < -0.39 is 0 Å². The van der Waals surface area contributed by atoms with Crippen molar-refractivity contribution >= 4 is 27.4 Å². The lowest BCUT2D eigenvalue weighted by Gasteiger charge is -2.13. The largest absolute Gasteiger partial charge is 0.272 e. The third-order valence-corrected chi connectivity index (χ3v) is 3.40. The first-order valence-corrected chi connectivity index (χ1v) is 6.79. The molecule has 0 aliphatic heterocycles. The molecule has 17 heavy (non-hydrogen) atoms. The van der Waals surface area contributed by atoms with Crippen molar-refractivity contribution < 1.29 is 4.84 Å². The fourth-order valence-corrected chi connectivity index (χ4v) is 2.31. The number of anilines is 1. The van der Waals surface area contributed by atoms with E-state index in [4.69, 9.17) is 4.84 Å². The minimum absolute atomic E-state index is 0.193. The number of thiophene rings is 1. The third kappa shape index (κ3) is 3.14. The predicted octanol–water partition coefficient (Wildman–Crippen LogP) is 3.61. The Bertz CT molecular complexity index is 471. The minimum atomic E-state index is 0.193. The Morgan fingerprint density at radius 2 is 2.35 bits per heavy atom. The van der Waals surface area contributed by atoms with E-state index in [1.807, 2.05) is 11.4 Å². The lowest BCUT2D eigenvalue weighted by Crippen LogP contribution is -2.14. The van der Waals surface area contributed by atoms with Crippen LogP contribution in [0.25, 0.3) is 10.2 Å². The molecule has 2 aromatic heterocycles. The van der Waals surface area contributed by atoms with Crippen molar-refractivity contribution in [1.29, 1.82) is 0 Å².